The van der Waals surface area contributed by atoms with Gasteiger partial charge in [0.15, 0.2) is 0 Å². The van der Waals surface area contributed by atoms with Gasteiger partial charge in [0.2, 0.25) is 11.9 Å². The van der Waals surface area contributed by atoms with Crippen LogP contribution in [0.4, 0.5) is 10.3 Å². The van der Waals surface area contributed by atoms with Crippen LogP contribution in [0, 0.1) is 5.95 Å². The number of nitrogens with two attached hydrogens (primary N) is 1. The first-order chi connectivity index (χ1) is 5.39. The number of hydrogen-bond acceptors (Lipinski definition) is 4. The van der Waals surface area contributed by atoms with Crippen LogP contribution in [-0.2, 0) is 4.75 Å². The molecule has 1 heterocycles. The third-order valence-corrected chi connectivity index (χ3v) is 1.57. The molecule has 0 saturated carbocycles. The third-order valence-electron chi connectivity index (χ3n) is 1.34. The van der Waals surface area contributed by atoms with Crippen LogP contribution in [-0.4, -0.2) is 9.97 Å². The van der Waals surface area contributed by atoms with Gasteiger partial charge in [0, 0.05) is 10.8 Å². The Kier molecular flexibility index (Phi) is 2.23. The van der Waals surface area contributed by atoms with Gasteiger partial charge >= 0.3 is 0 Å². The lowest BCUT2D eigenvalue weighted by Gasteiger charge is -2.16. The number of nitrogen functional groups attached to an aromatic ring is 1. The Bertz CT molecular complexity index is 275. The number of rotatable bonds is 1. The molecule has 0 aliphatic carbocycles. The summed E-state index contributed by atoms with van der Waals surface area (Å²) in [7, 11) is 0. The molecule has 2 N–H and O–H groups in total. The Labute approximate surface area is 75.6 Å². The van der Waals surface area contributed by atoms with Crippen LogP contribution in [0.15, 0.2) is 6.07 Å². The van der Waals surface area contributed by atoms with Crippen LogP contribution >= 0.6 is 12.6 Å². The normalized spacial score (nSPS) is 11.7. The summed E-state index contributed by atoms with van der Waals surface area (Å²) < 4.78 is 12.2. The summed E-state index contributed by atoms with van der Waals surface area (Å²) >= 11 is 4.23. The molecule has 0 amide bonds. The topological polar surface area (TPSA) is 51.8 Å². The van der Waals surface area contributed by atoms with E-state index in [2.05, 4.69) is 22.6 Å². The number of aromatic nitrogens is 2. The molecule has 3 nitrogen and oxygen atoms in total. The fraction of sp³-hybridized carbons (Fsp3) is 0.429. The summed E-state index contributed by atoms with van der Waals surface area (Å²) in [6.45, 7) is 3.61. The van der Waals surface area contributed by atoms with E-state index in [1.165, 1.54) is 6.07 Å². The van der Waals surface area contributed by atoms with Crippen LogP contribution in [0.3, 0.4) is 0 Å². The van der Waals surface area contributed by atoms with Gasteiger partial charge in [-0.25, -0.2) is 4.98 Å². The van der Waals surface area contributed by atoms with E-state index >= 15 is 0 Å². The van der Waals surface area contributed by atoms with E-state index in [0.29, 0.717) is 5.69 Å². The van der Waals surface area contributed by atoms with Gasteiger partial charge < -0.3 is 5.73 Å². The molecule has 1 rings (SSSR count). The second-order valence-electron chi connectivity index (χ2n) is 2.99. The molecule has 1 aromatic heterocycles. The average Bonchev–Trinajstić information content (AvgIpc) is 1.82. The van der Waals surface area contributed by atoms with Gasteiger partial charge in [0.1, 0.15) is 0 Å². The van der Waals surface area contributed by atoms with Gasteiger partial charge in [-0.05, 0) is 13.8 Å². The van der Waals surface area contributed by atoms with E-state index in [1.807, 2.05) is 0 Å². The highest BCUT2D eigenvalue weighted by Crippen LogP contribution is 2.25. The molecule has 0 aliphatic rings. The van der Waals surface area contributed by atoms with Gasteiger partial charge in [-0.2, -0.15) is 22.0 Å². The maximum atomic E-state index is 12.7. The van der Waals surface area contributed by atoms with Crippen molar-refractivity contribution in [1.82, 2.24) is 9.97 Å². The summed E-state index contributed by atoms with van der Waals surface area (Å²) in [5.41, 5.74) is 5.74. The Morgan fingerprint density at radius 1 is 1.50 bits per heavy atom. The number of thiol groups is 1. The van der Waals surface area contributed by atoms with Crippen molar-refractivity contribution < 1.29 is 4.39 Å². The summed E-state index contributed by atoms with van der Waals surface area (Å²) in [6, 6.07) is 1.23. The van der Waals surface area contributed by atoms with Crippen LogP contribution < -0.4 is 5.73 Å². The molecule has 0 aliphatic heterocycles. The molecule has 0 radical (unpaired) electrons. The molecule has 12 heavy (non-hydrogen) atoms. The molecule has 0 aromatic carbocycles. The first-order valence-electron chi connectivity index (χ1n) is 3.42. The Morgan fingerprint density at radius 3 is 2.50 bits per heavy atom. The molecule has 5 heteroatoms. The number of halogens is 1. The third kappa shape index (κ3) is 2.07. The van der Waals surface area contributed by atoms with Crippen molar-refractivity contribution in [3.8, 4) is 0 Å². The van der Waals surface area contributed by atoms with E-state index in [1.54, 1.807) is 13.8 Å². The summed E-state index contributed by atoms with van der Waals surface area (Å²) in [5, 5.41) is 0. The number of nitrogens with zero attached hydrogens (tertiary/aromatic N) is 2. The van der Waals surface area contributed by atoms with Crippen LogP contribution in [0.1, 0.15) is 19.5 Å². The van der Waals surface area contributed by atoms with Crippen LogP contribution in [0.2, 0.25) is 0 Å². The monoisotopic (exact) mass is 187 g/mol. The van der Waals surface area contributed by atoms with Crippen molar-refractivity contribution in [3.63, 3.8) is 0 Å². The molecular formula is C7H10FN3S. The van der Waals surface area contributed by atoms with Gasteiger partial charge in [-0.1, -0.05) is 0 Å². The number of anilines is 1. The molecular weight excluding hydrogens is 177 g/mol. The van der Waals surface area contributed by atoms with E-state index in [4.69, 9.17) is 5.73 Å². The van der Waals surface area contributed by atoms with Crippen molar-refractivity contribution in [2.24, 2.45) is 0 Å². The SMILES string of the molecule is CC(C)(S)c1cc(F)nc(N)n1. The molecule has 0 atom stereocenters. The predicted molar refractivity (Wildman–Crippen MR) is 48.4 cm³/mol. The van der Waals surface area contributed by atoms with E-state index < -0.39 is 10.7 Å². The largest absolute Gasteiger partial charge is 0.368 e. The summed E-state index contributed by atoms with van der Waals surface area (Å²) in [6.07, 6.45) is 0. The van der Waals surface area contributed by atoms with Crippen molar-refractivity contribution in [3.05, 3.63) is 17.7 Å². The van der Waals surface area contributed by atoms with Gasteiger partial charge in [0.25, 0.3) is 0 Å². The van der Waals surface area contributed by atoms with E-state index in [-0.39, 0.29) is 5.95 Å². The summed E-state index contributed by atoms with van der Waals surface area (Å²) in [5.74, 6) is -0.688. The average molecular weight is 187 g/mol. The molecule has 66 valence electrons. The molecule has 0 fully saturated rings. The van der Waals surface area contributed by atoms with E-state index in [0.717, 1.165) is 0 Å². The van der Waals surface area contributed by atoms with Crippen molar-refractivity contribution >= 4 is 18.6 Å². The molecule has 1 aromatic rings. The van der Waals surface area contributed by atoms with Gasteiger partial charge in [-0.3, -0.25) is 0 Å². The second kappa shape index (κ2) is 2.90. The second-order valence-corrected chi connectivity index (χ2v) is 4.11. The fourth-order valence-corrected chi connectivity index (χ4v) is 0.863. The minimum Gasteiger partial charge on any atom is -0.368 e. The minimum atomic E-state index is -0.625. The lowest BCUT2D eigenvalue weighted by molar-refractivity contribution is 0.572. The molecule has 0 unspecified atom stereocenters. The first-order valence-corrected chi connectivity index (χ1v) is 3.87. The highest BCUT2D eigenvalue weighted by atomic mass is 32.1. The van der Waals surface area contributed by atoms with E-state index in [9.17, 15) is 4.39 Å². The standard InChI is InChI=1S/C7H10FN3S/c1-7(2,12)4-3-5(8)11-6(9)10-4/h3,12H,1-2H3,(H2,9,10,11). The van der Waals surface area contributed by atoms with Gasteiger partial charge in [-0.15, -0.1) is 0 Å². The van der Waals surface area contributed by atoms with Crippen LogP contribution in [0.25, 0.3) is 0 Å². The Morgan fingerprint density at radius 2 is 2.08 bits per heavy atom. The van der Waals surface area contributed by atoms with Crippen molar-refractivity contribution in [2.75, 3.05) is 5.73 Å². The molecule has 0 saturated heterocycles. The quantitative estimate of drug-likeness (QED) is 0.515. The maximum absolute atomic E-state index is 12.7. The molecule has 0 spiro atoms. The van der Waals surface area contributed by atoms with Crippen molar-refractivity contribution in [1.29, 1.82) is 0 Å². The maximum Gasteiger partial charge on any atom is 0.222 e. The van der Waals surface area contributed by atoms with Crippen LogP contribution in [0.5, 0.6) is 0 Å². The molecule has 0 bridgehead atoms. The summed E-state index contributed by atoms with van der Waals surface area (Å²) in [4.78, 5) is 7.17. The predicted octanol–water partition coefficient (Wildman–Crippen LogP) is 1.36. The highest BCUT2D eigenvalue weighted by molar-refractivity contribution is 7.81. The van der Waals surface area contributed by atoms with Crippen molar-refractivity contribution in [2.45, 2.75) is 18.6 Å². The highest BCUT2D eigenvalue weighted by Gasteiger charge is 2.18. The van der Waals surface area contributed by atoms with Gasteiger partial charge in [0.05, 0.1) is 5.69 Å². The lowest BCUT2D eigenvalue weighted by atomic mass is 10.1. The lowest BCUT2D eigenvalue weighted by Crippen LogP contribution is -2.13. The smallest absolute Gasteiger partial charge is 0.222 e. The zero-order valence-corrected chi connectivity index (χ0v) is 7.77. The zero-order valence-electron chi connectivity index (χ0n) is 6.87. The zero-order chi connectivity index (χ0) is 9.35. The Hall–Kier alpha value is -0.840. The fourth-order valence-electron chi connectivity index (χ4n) is 0.749. The Balaban J connectivity index is 3.18. The first kappa shape index (κ1) is 9.25. The minimum absolute atomic E-state index is 0.0628. The number of hydrogen-bond donors (Lipinski definition) is 2.